The lowest BCUT2D eigenvalue weighted by atomic mass is 9.36. The van der Waals surface area contributed by atoms with Crippen molar-refractivity contribution in [1.29, 1.82) is 0 Å². The maximum atomic E-state index is 13.8. The Morgan fingerprint density at radius 1 is 0.940 bits per heavy atom. The van der Waals surface area contributed by atoms with Crippen molar-refractivity contribution in [2.24, 2.45) is 45.1 Å². The predicted molar refractivity (Wildman–Crippen MR) is 200 cm³/mol. The number of urea groups is 1. The molecule has 276 valence electrons. The van der Waals surface area contributed by atoms with E-state index in [0.717, 1.165) is 56.1 Å². The highest BCUT2D eigenvalue weighted by Crippen LogP contribution is 2.72. The van der Waals surface area contributed by atoms with E-state index in [0.29, 0.717) is 29.9 Å². The van der Waals surface area contributed by atoms with Gasteiger partial charge in [-0.15, -0.1) is 0 Å². The summed E-state index contributed by atoms with van der Waals surface area (Å²) in [6.07, 6.45) is 14.1. The second kappa shape index (κ2) is 14.1. The lowest BCUT2D eigenvalue weighted by molar-refractivity contribution is -0.171. The zero-order valence-electron chi connectivity index (χ0n) is 31.6. The molecule has 4 aliphatic carbocycles. The minimum atomic E-state index is -0.920. The van der Waals surface area contributed by atoms with Crippen LogP contribution in [0.25, 0.3) is 5.57 Å². The Balaban J connectivity index is 1.39. The molecule has 0 aliphatic heterocycles. The van der Waals surface area contributed by atoms with Gasteiger partial charge in [0.1, 0.15) is 0 Å². The number of carbonyl (C=O) groups excluding carboxylic acids is 1. The second-order valence-corrected chi connectivity index (χ2v) is 17.9. The molecule has 4 aliphatic rings. The number of amides is 2. The van der Waals surface area contributed by atoms with Crippen LogP contribution in [0.2, 0.25) is 0 Å². The first-order valence-electron chi connectivity index (χ1n) is 19.1. The molecular weight excluding hydrogens is 626 g/mol. The number of nitrogens with zero attached hydrogens (tertiary/aromatic N) is 1. The van der Waals surface area contributed by atoms with Crippen LogP contribution in [0, 0.1) is 39.4 Å². The smallest absolute Gasteiger partial charge is 0.335 e. The van der Waals surface area contributed by atoms with Crippen LogP contribution in [0.5, 0.6) is 0 Å². The van der Waals surface area contributed by atoms with Gasteiger partial charge in [-0.25, -0.2) is 9.59 Å². The molecule has 7 unspecified atom stereocenters. The molecular formula is C42H63N3O5. The minimum absolute atomic E-state index is 0.0429. The van der Waals surface area contributed by atoms with Gasteiger partial charge in [0, 0.05) is 25.2 Å². The fourth-order valence-electron chi connectivity index (χ4n) is 11.7. The van der Waals surface area contributed by atoms with E-state index in [1.807, 2.05) is 12.1 Å². The lowest BCUT2D eigenvalue weighted by Gasteiger charge is -2.68. The Morgan fingerprint density at radius 3 is 2.24 bits per heavy atom. The van der Waals surface area contributed by atoms with E-state index in [1.54, 1.807) is 17.0 Å². The Morgan fingerprint density at radius 2 is 1.64 bits per heavy atom. The molecule has 7 atom stereocenters. The maximum absolute atomic E-state index is 13.8. The third-order valence-corrected chi connectivity index (χ3v) is 14.8. The number of aliphatic carboxylic acids is 1. The fraction of sp³-hybridized carbons (Fsp3) is 0.690. The Hall–Kier alpha value is -3.13. The summed E-state index contributed by atoms with van der Waals surface area (Å²) in [6.45, 7) is 19.6. The van der Waals surface area contributed by atoms with E-state index < -0.39 is 11.9 Å². The van der Waals surface area contributed by atoms with Crippen molar-refractivity contribution in [3.63, 3.8) is 0 Å². The average Bonchev–Trinajstić information content (AvgIpc) is 3.47. The molecule has 8 nitrogen and oxygen atoms in total. The van der Waals surface area contributed by atoms with Gasteiger partial charge < -0.3 is 26.2 Å². The van der Waals surface area contributed by atoms with Crippen LogP contribution < -0.4 is 11.1 Å². The summed E-state index contributed by atoms with van der Waals surface area (Å²) in [5.74, 6) is -0.358. The third kappa shape index (κ3) is 6.90. The predicted octanol–water partition coefficient (Wildman–Crippen LogP) is 8.77. The number of carbonyl (C=O) groups is 3. The standard InChI is InChI=1S/C42H63N3O5/c1-28(2)31-14-21-42(27-31,44-37(50)45(26-24-43)25-17-35(46)47)23-22-39(5)18-8-9-34-40(6)19-15-32(29-10-12-30(13-11-29)36(48)49)38(3,4)33(40)16-20-41(34,39)7/h10-13,15,31,33-34H,1,8-9,14,16-27,43H2,2-7H3,(H,44,50)(H,46,47)(H,48,49). The molecule has 0 bridgehead atoms. The van der Waals surface area contributed by atoms with Gasteiger partial charge in [0.05, 0.1) is 12.0 Å². The van der Waals surface area contributed by atoms with Gasteiger partial charge in [-0.05, 0) is 134 Å². The highest BCUT2D eigenvalue weighted by atomic mass is 16.4. The molecule has 0 aromatic heterocycles. The van der Waals surface area contributed by atoms with Gasteiger partial charge in [0.2, 0.25) is 0 Å². The number of hydrogen-bond acceptors (Lipinski definition) is 4. The number of carboxylic acid groups (broad SMARTS) is 2. The normalized spacial score (nSPS) is 34.5. The van der Waals surface area contributed by atoms with Crippen molar-refractivity contribution in [3.05, 3.63) is 53.6 Å². The van der Waals surface area contributed by atoms with E-state index >= 15 is 0 Å². The number of nitrogens with one attached hydrogen (secondary N) is 1. The number of hydrogen-bond donors (Lipinski definition) is 4. The summed E-state index contributed by atoms with van der Waals surface area (Å²) in [5, 5.41) is 22.2. The molecule has 8 heteroatoms. The van der Waals surface area contributed by atoms with Gasteiger partial charge >= 0.3 is 18.0 Å². The SMILES string of the molecule is C=C(C)C1CCC(CCC2(C)CCCC3C4(C)CC=C(c5ccc(C(=O)O)cc5)C(C)(C)C4CCC32C)(NC(=O)N(CCN)CCC(=O)O)C1. The van der Waals surface area contributed by atoms with Crippen molar-refractivity contribution >= 4 is 23.5 Å². The molecule has 0 saturated heterocycles. The van der Waals surface area contributed by atoms with Crippen molar-refractivity contribution in [1.82, 2.24) is 10.2 Å². The topological polar surface area (TPSA) is 133 Å². The van der Waals surface area contributed by atoms with Gasteiger partial charge in [-0.2, -0.15) is 0 Å². The third-order valence-electron chi connectivity index (χ3n) is 14.8. The number of benzene rings is 1. The van der Waals surface area contributed by atoms with Gasteiger partial charge in [0.15, 0.2) is 0 Å². The average molecular weight is 690 g/mol. The zero-order chi connectivity index (χ0) is 36.7. The Bertz CT molecular complexity index is 1500. The number of aromatic carboxylic acids is 1. The van der Waals surface area contributed by atoms with E-state index in [2.05, 4.69) is 59.5 Å². The molecule has 0 spiro atoms. The first-order valence-corrected chi connectivity index (χ1v) is 19.1. The molecule has 5 rings (SSSR count). The van der Waals surface area contributed by atoms with E-state index in [1.165, 1.54) is 31.3 Å². The summed E-state index contributed by atoms with van der Waals surface area (Å²) in [5.41, 5.74) is 9.84. The lowest BCUT2D eigenvalue weighted by Crippen LogP contribution is -2.60. The fourth-order valence-corrected chi connectivity index (χ4v) is 11.7. The summed E-state index contributed by atoms with van der Waals surface area (Å²) in [7, 11) is 0. The number of rotatable bonds is 12. The van der Waals surface area contributed by atoms with Gasteiger partial charge in [-0.1, -0.05) is 71.4 Å². The van der Waals surface area contributed by atoms with Crippen molar-refractivity contribution in [2.45, 2.75) is 124 Å². The second-order valence-electron chi connectivity index (χ2n) is 17.9. The van der Waals surface area contributed by atoms with Crippen molar-refractivity contribution < 1.29 is 24.6 Å². The summed E-state index contributed by atoms with van der Waals surface area (Å²) in [6, 6.07) is 7.24. The van der Waals surface area contributed by atoms with Crippen LogP contribution in [0.1, 0.15) is 135 Å². The van der Waals surface area contributed by atoms with Crippen molar-refractivity contribution in [3.8, 4) is 0 Å². The summed E-state index contributed by atoms with van der Waals surface area (Å²) >= 11 is 0. The molecule has 3 fully saturated rings. The van der Waals surface area contributed by atoms with Crippen LogP contribution in [-0.4, -0.2) is 58.3 Å². The zero-order valence-corrected chi connectivity index (χ0v) is 31.6. The molecule has 3 saturated carbocycles. The molecule has 50 heavy (non-hydrogen) atoms. The highest BCUT2D eigenvalue weighted by molar-refractivity contribution is 5.88. The Kier molecular flexibility index (Phi) is 10.8. The molecule has 2 amide bonds. The van der Waals surface area contributed by atoms with Crippen LogP contribution in [0.3, 0.4) is 0 Å². The van der Waals surface area contributed by atoms with E-state index in [4.69, 9.17) is 5.73 Å². The minimum Gasteiger partial charge on any atom is -0.481 e. The molecule has 0 heterocycles. The first kappa shape index (κ1) is 38.1. The number of carboxylic acids is 2. The largest absolute Gasteiger partial charge is 0.481 e. The summed E-state index contributed by atoms with van der Waals surface area (Å²) < 4.78 is 0. The van der Waals surface area contributed by atoms with Gasteiger partial charge in [-0.3, -0.25) is 4.79 Å². The maximum Gasteiger partial charge on any atom is 0.335 e. The van der Waals surface area contributed by atoms with Crippen LogP contribution in [0.4, 0.5) is 4.79 Å². The quantitative estimate of drug-likeness (QED) is 0.162. The van der Waals surface area contributed by atoms with Crippen LogP contribution in [-0.2, 0) is 4.79 Å². The first-order chi connectivity index (χ1) is 23.4. The van der Waals surface area contributed by atoms with E-state index in [9.17, 15) is 24.6 Å². The molecule has 5 N–H and O–H groups in total. The van der Waals surface area contributed by atoms with Gasteiger partial charge in [0.25, 0.3) is 0 Å². The number of fused-ring (bicyclic) bond motifs is 3. The van der Waals surface area contributed by atoms with Crippen LogP contribution >= 0.6 is 0 Å². The van der Waals surface area contributed by atoms with Crippen molar-refractivity contribution in [2.75, 3.05) is 19.6 Å². The van der Waals surface area contributed by atoms with E-state index in [-0.39, 0.29) is 52.7 Å². The monoisotopic (exact) mass is 689 g/mol. The highest BCUT2D eigenvalue weighted by Gasteiger charge is 2.64. The molecule has 1 aromatic carbocycles. The number of nitrogens with two attached hydrogens (primary N) is 1. The molecule has 1 aromatic rings. The van der Waals surface area contributed by atoms with Crippen LogP contribution in [0.15, 0.2) is 42.5 Å². The Labute approximate surface area is 300 Å². The molecule has 0 radical (unpaired) electrons. The number of allylic oxidation sites excluding steroid dienone is 3. The summed E-state index contributed by atoms with van der Waals surface area (Å²) in [4.78, 5) is 38.2.